The van der Waals surface area contributed by atoms with Crippen molar-refractivity contribution in [2.45, 2.75) is 12.8 Å². The van der Waals surface area contributed by atoms with Gasteiger partial charge in [0.2, 0.25) is 0 Å². The van der Waals surface area contributed by atoms with Crippen LogP contribution in [-0.2, 0) is 0 Å². The monoisotopic (exact) mass is 566 g/mol. The summed E-state index contributed by atoms with van der Waals surface area (Å²) in [7, 11) is 0. The number of hydrogen-bond acceptors (Lipinski definition) is 2. The second-order valence-corrected chi connectivity index (χ2v) is 11.1. The first kappa shape index (κ1) is 27.2. The fraction of sp³-hybridized carbons (Fsp3) is 0.0476. The molecule has 0 atom stereocenters. The van der Waals surface area contributed by atoms with E-state index < -0.39 is 0 Å². The molecule has 6 aromatic rings. The van der Waals surface area contributed by atoms with Gasteiger partial charge in [-0.1, -0.05) is 121 Å². The van der Waals surface area contributed by atoms with Gasteiger partial charge in [-0.2, -0.15) is 0 Å². The third-order valence-electron chi connectivity index (χ3n) is 8.18. The van der Waals surface area contributed by atoms with Crippen LogP contribution in [0.1, 0.15) is 18.4 Å². The molecule has 0 fully saturated rings. The first-order chi connectivity index (χ1) is 21.8. The fourth-order valence-corrected chi connectivity index (χ4v) is 5.89. The zero-order valence-electron chi connectivity index (χ0n) is 24.6. The average Bonchev–Trinajstić information content (AvgIpc) is 3.11. The van der Waals surface area contributed by atoms with Gasteiger partial charge < -0.3 is 10.2 Å². The Kier molecular flexibility index (Phi) is 7.88. The Bertz CT molecular complexity index is 1890. The number of benzene rings is 6. The molecule has 0 saturated carbocycles. The van der Waals surface area contributed by atoms with E-state index >= 15 is 0 Å². The van der Waals surface area contributed by atoms with E-state index in [4.69, 9.17) is 0 Å². The Balaban J connectivity index is 1.18. The molecule has 2 nitrogen and oxygen atoms in total. The molecule has 0 amide bonds. The van der Waals surface area contributed by atoms with Crippen LogP contribution in [-0.4, -0.2) is 0 Å². The summed E-state index contributed by atoms with van der Waals surface area (Å²) in [4.78, 5) is 2.40. The minimum atomic E-state index is 0.966. The van der Waals surface area contributed by atoms with E-state index in [2.05, 4.69) is 186 Å². The lowest BCUT2D eigenvalue weighted by Crippen LogP contribution is -2.17. The molecule has 1 aliphatic rings. The van der Waals surface area contributed by atoms with Crippen molar-refractivity contribution in [2.24, 2.45) is 0 Å². The van der Waals surface area contributed by atoms with Gasteiger partial charge in [0.1, 0.15) is 0 Å². The molecule has 0 radical (unpaired) electrons. The number of nitrogens with one attached hydrogen (secondary N) is 1. The zero-order valence-corrected chi connectivity index (χ0v) is 24.6. The van der Waals surface area contributed by atoms with Crippen LogP contribution in [0.3, 0.4) is 0 Å². The molecule has 0 aromatic heterocycles. The molecule has 1 aliphatic carbocycles. The van der Waals surface area contributed by atoms with Crippen LogP contribution in [0, 0.1) is 0 Å². The summed E-state index contributed by atoms with van der Waals surface area (Å²) in [5, 5.41) is 3.61. The predicted octanol–water partition coefficient (Wildman–Crippen LogP) is 11.7. The molecular formula is C42H34N2. The van der Waals surface area contributed by atoms with Gasteiger partial charge in [-0.25, -0.2) is 0 Å². The predicted molar refractivity (Wildman–Crippen MR) is 187 cm³/mol. The second kappa shape index (κ2) is 12.7. The second-order valence-electron chi connectivity index (χ2n) is 11.1. The van der Waals surface area contributed by atoms with Crippen molar-refractivity contribution >= 4 is 28.3 Å². The van der Waals surface area contributed by atoms with Crippen molar-refractivity contribution in [3.8, 4) is 22.3 Å². The summed E-state index contributed by atoms with van der Waals surface area (Å²) in [5.41, 5.74) is 13.2. The Labute approximate surface area is 260 Å². The Morgan fingerprint density at radius 1 is 0.386 bits per heavy atom. The molecule has 0 unspecified atom stereocenters. The molecule has 0 saturated heterocycles. The average molecular weight is 567 g/mol. The van der Waals surface area contributed by atoms with E-state index in [0.29, 0.717) is 0 Å². The zero-order chi connectivity index (χ0) is 29.6. The lowest BCUT2D eigenvalue weighted by molar-refractivity contribution is 0.930. The van der Waals surface area contributed by atoms with Crippen molar-refractivity contribution in [2.75, 3.05) is 10.2 Å². The van der Waals surface area contributed by atoms with Crippen LogP contribution in [0.2, 0.25) is 0 Å². The van der Waals surface area contributed by atoms with Crippen LogP contribution < -0.4 is 10.2 Å². The number of nitrogens with zero attached hydrogens (tertiary/aromatic N) is 1. The molecule has 6 aromatic carbocycles. The highest BCUT2D eigenvalue weighted by Crippen LogP contribution is 2.37. The number of rotatable bonds is 8. The molecule has 44 heavy (non-hydrogen) atoms. The highest BCUT2D eigenvalue weighted by molar-refractivity contribution is 5.77. The molecular weight excluding hydrogens is 532 g/mol. The number of allylic oxidation sites excluding steroid dienone is 4. The Morgan fingerprint density at radius 2 is 0.909 bits per heavy atom. The molecule has 1 N–H and O–H groups in total. The minimum absolute atomic E-state index is 0.966. The molecule has 0 aliphatic heterocycles. The Hall–Kier alpha value is -5.60. The van der Waals surface area contributed by atoms with Crippen LogP contribution in [0.4, 0.5) is 22.7 Å². The maximum Gasteiger partial charge on any atom is 0.0459 e. The van der Waals surface area contributed by atoms with Gasteiger partial charge in [-0.05, 0) is 101 Å². The molecule has 0 heterocycles. The van der Waals surface area contributed by atoms with Gasteiger partial charge in [0, 0.05) is 28.4 Å². The molecule has 7 rings (SSSR count). The summed E-state index contributed by atoms with van der Waals surface area (Å²) >= 11 is 0. The Morgan fingerprint density at radius 3 is 1.50 bits per heavy atom. The summed E-state index contributed by atoms with van der Waals surface area (Å²) in [6, 6.07) is 58.0. The van der Waals surface area contributed by atoms with Gasteiger partial charge in [0.15, 0.2) is 0 Å². The summed E-state index contributed by atoms with van der Waals surface area (Å²) in [6.45, 7) is 0. The molecule has 2 heteroatoms. The van der Waals surface area contributed by atoms with Crippen LogP contribution in [0.5, 0.6) is 0 Å². The third-order valence-corrected chi connectivity index (χ3v) is 8.18. The van der Waals surface area contributed by atoms with Crippen molar-refractivity contribution in [3.63, 3.8) is 0 Å². The summed E-state index contributed by atoms with van der Waals surface area (Å²) < 4.78 is 0. The SMILES string of the molecule is C1=C(c2ccccc2)CCC(N(c2ccc(Nc3cccc(-c4ccccc4)c3)cc2)c2ccc(-c3ccccc3)cc2)=C1. The highest BCUT2D eigenvalue weighted by atomic mass is 15.1. The fourth-order valence-electron chi connectivity index (χ4n) is 5.89. The lowest BCUT2D eigenvalue weighted by Gasteiger charge is -2.30. The first-order valence-corrected chi connectivity index (χ1v) is 15.2. The normalized spacial score (nSPS) is 12.6. The number of hydrogen-bond donors (Lipinski definition) is 1. The lowest BCUT2D eigenvalue weighted by atomic mass is 9.95. The standard InChI is InChI=1S/C42H34N2/c1-4-11-32(12-5-1)35-19-25-40(26-20-35)44(41-27-21-36(22-28-41)33-13-6-2-7-14-33)42-29-23-38(24-30-42)43-39-18-10-17-37(31-39)34-15-8-3-9-16-34/h1-21,23-27,29-31,43H,22,28H2. The molecule has 0 spiro atoms. The van der Waals surface area contributed by atoms with Crippen LogP contribution in [0.25, 0.3) is 27.8 Å². The summed E-state index contributed by atoms with van der Waals surface area (Å²) in [5.74, 6) is 0. The largest absolute Gasteiger partial charge is 0.356 e. The molecule has 0 bridgehead atoms. The van der Waals surface area contributed by atoms with Crippen LogP contribution in [0.15, 0.2) is 182 Å². The van der Waals surface area contributed by atoms with E-state index in [0.717, 1.165) is 35.6 Å². The van der Waals surface area contributed by atoms with Gasteiger partial charge >= 0.3 is 0 Å². The maximum absolute atomic E-state index is 3.61. The van der Waals surface area contributed by atoms with Crippen molar-refractivity contribution in [1.82, 2.24) is 0 Å². The van der Waals surface area contributed by atoms with Gasteiger partial charge in [0.05, 0.1) is 0 Å². The topological polar surface area (TPSA) is 15.3 Å². The van der Waals surface area contributed by atoms with Crippen LogP contribution >= 0.6 is 0 Å². The van der Waals surface area contributed by atoms with E-state index in [9.17, 15) is 0 Å². The van der Waals surface area contributed by atoms with Gasteiger partial charge in [-0.15, -0.1) is 0 Å². The first-order valence-electron chi connectivity index (χ1n) is 15.2. The smallest absolute Gasteiger partial charge is 0.0459 e. The highest BCUT2D eigenvalue weighted by Gasteiger charge is 2.18. The third kappa shape index (κ3) is 6.11. The van der Waals surface area contributed by atoms with E-state index in [1.54, 1.807) is 0 Å². The summed E-state index contributed by atoms with van der Waals surface area (Å²) in [6.07, 6.45) is 6.55. The van der Waals surface area contributed by atoms with Gasteiger partial charge in [-0.3, -0.25) is 0 Å². The van der Waals surface area contributed by atoms with Gasteiger partial charge in [0.25, 0.3) is 0 Å². The van der Waals surface area contributed by atoms with E-state index in [1.807, 2.05) is 0 Å². The van der Waals surface area contributed by atoms with Crippen molar-refractivity contribution < 1.29 is 0 Å². The number of anilines is 4. The van der Waals surface area contributed by atoms with E-state index in [-0.39, 0.29) is 0 Å². The maximum atomic E-state index is 3.61. The quantitative estimate of drug-likeness (QED) is 0.197. The van der Waals surface area contributed by atoms with E-state index in [1.165, 1.54) is 39.1 Å². The van der Waals surface area contributed by atoms with Crippen molar-refractivity contribution in [1.29, 1.82) is 0 Å². The van der Waals surface area contributed by atoms with Crippen molar-refractivity contribution in [3.05, 3.63) is 187 Å². The molecule has 212 valence electrons. The minimum Gasteiger partial charge on any atom is -0.356 e.